The van der Waals surface area contributed by atoms with Gasteiger partial charge in [0.15, 0.2) is 0 Å². The molecule has 1 N–H and O–H groups in total. The molecule has 0 bridgehead atoms. The molecule has 4 aliphatic rings. The van der Waals surface area contributed by atoms with Crippen LogP contribution >= 0.6 is 0 Å². The van der Waals surface area contributed by atoms with E-state index >= 15 is 0 Å². The molecular formula is C22H27N3O3. The third kappa shape index (κ3) is 3.19. The van der Waals surface area contributed by atoms with Crippen LogP contribution in [0.15, 0.2) is 18.2 Å². The van der Waals surface area contributed by atoms with Gasteiger partial charge in [-0.1, -0.05) is 12.8 Å². The second-order valence-electron chi connectivity index (χ2n) is 8.72. The first-order valence-corrected chi connectivity index (χ1v) is 10.6. The standard InChI is InChI=1S/C22H27N3O3/c26-20-12-16(21(27)23-17-3-1-2-4-17)13-25(20)18-7-8-19-15(11-18)9-10-24(19)22(28)14-5-6-14/h7-8,11,14,16-17H,1-6,9-10,12-13H2,(H,23,27). The minimum atomic E-state index is -0.269. The van der Waals surface area contributed by atoms with Gasteiger partial charge in [-0.3, -0.25) is 14.4 Å². The molecule has 2 aliphatic carbocycles. The van der Waals surface area contributed by atoms with Gasteiger partial charge in [0.25, 0.3) is 0 Å². The summed E-state index contributed by atoms with van der Waals surface area (Å²) in [6.45, 7) is 1.18. The van der Waals surface area contributed by atoms with Crippen molar-refractivity contribution in [3.8, 4) is 0 Å². The van der Waals surface area contributed by atoms with Crippen LogP contribution < -0.4 is 15.1 Å². The number of nitrogens with zero attached hydrogens (tertiary/aromatic N) is 2. The van der Waals surface area contributed by atoms with Crippen LogP contribution in [-0.4, -0.2) is 36.9 Å². The minimum absolute atomic E-state index is 0.00966. The van der Waals surface area contributed by atoms with Gasteiger partial charge in [0, 0.05) is 42.8 Å². The van der Waals surface area contributed by atoms with Crippen LogP contribution in [-0.2, 0) is 20.8 Å². The number of amides is 3. The highest BCUT2D eigenvalue weighted by Crippen LogP contribution is 2.38. The van der Waals surface area contributed by atoms with Crippen molar-refractivity contribution in [3.63, 3.8) is 0 Å². The van der Waals surface area contributed by atoms with Crippen molar-refractivity contribution in [1.82, 2.24) is 5.32 Å². The Morgan fingerprint density at radius 1 is 1.04 bits per heavy atom. The third-order valence-electron chi connectivity index (χ3n) is 6.66. The number of anilines is 2. The molecule has 5 rings (SSSR count). The van der Waals surface area contributed by atoms with Crippen molar-refractivity contribution < 1.29 is 14.4 Å². The van der Waals surface area contributed by atoms with E-state index in [9.17, 15) is 14.4 Å². The number of fused-ring (bicyclic) bond motifs is 1. The molecule has 0 spiro atoms. The van der Waals surface area contributed by atoms with Gasteiger partial charge in [-0.15, -0.1) is 0 Å². The molecule has 0 radical (unpaired) electrons. The summed E-state index contributed by atoms with van der Waals surface area (Å²) in [6.07, 6.45) is 7.59. The Labute approximate surface area is 165 Å². The molecule has 0 aromatic heterocycles. The van der Waals surface area contributed by atoms with Crippen LogP contribution in [0.3, 0.4) is 0 Å². The molecule has 1 unspecified atom stereocenters. The maximum Gasteiger partial charge on any atom is 0.230 e. The third-order valence-corrected chi connectivity index (χ3v) is 6.66. The second kappa shape index (κ2) is 6.90. The van der Waals surface area contributed by atoms with Crippen molar-refractivity contribution in [3.05, 3.63) is 23.8 Å². The van der Waals surface area contributed by atoms with E-state index in [1.165, 1.54) is 12.8 Å². The molecular weight excluding hydrogens is 354 g/mol. The highest BCUT2D eigenvalue weighted by molar-refractivity contribution is 6.02. The maximum absolute atomic E-state index is 12.6. The van der Waals surface area contributed by atoms with Gasteiger partial charge in [0.1, 0.15) is 0 Å². The van der Waals surface area contributed by atoms with Crippen LogP contribution in [0.2, 0.25) is 0 Å². The quantitative estimate of drug-likeness (QED) is 0.871. The number of benzene rings is 1. The van der Waals surface area contributed by atoms with Gasteiger partial charge >= 0.3 is 0 Å². The van der Waals surface area contributed by atoms with Crippen molar-refractivity contribution >= 4 is 29.1 Å². The SMILES string of the molecule is O=C(NC1CCCC1)C1CC(=O)N(c2ccc3c(c2)CCN3C(=O)C2CC2)C1. The lowest BCUT2D eigenvalue weighted by molar-refractivity contribution is -0.126. The maximum atomic E-state index is 12.6. The molecule has 148 valence electrons. The summed E-state index contributed by atoms with van der Waals surface area (Å²) < 4.78 is 0. The molecule has 28 heavy (non-hydrogen) atoms. The fourth-order valence-corrected chi connectivity index (χ4v) is 4.86. The van der Waals surface area contributed by atoms with Crippen LogP contribution in [0, 0.1) is 11.8 Å². The van der Waals surface area contributed by atoms with E-state index in [4.69, 9.17) is 0 Å². The van der Waals surface area contributed by atoms with Gasteiger partial charge in [0.05, 0.1) is 5.92 Å². The molecule has 3 amide bonds. The first-order chi connectivity index (χ1) is 13.6. The Morgan fingerprint density at radius 2 is 1.82 bits per heavy atom. The van der Waals surface area contributed by atoms with Gasteiger partial charge in [-0.25, -0.2) is 0 Å². The zero-order chi connectivity index (χ0) is 19.3. The molecule has 1 aromatic rings. The fourth-order valence-electron chi connectivity index (χ4n) is 4.86. The van der Waals surface area contributed by atoms with Crippen LogP contribution in [0.4, 0.5) is 11.4 Å². The Balaban J connectivity index is 1.28. The molecule has 1 saturated heterocycles. The van der Waals surface area contributed by atoms with E-state index in [0.717, 1.165) is 55.6 Å². The summed E-state index contributed by atoms with van der Waals surface area (Å²) in [5.41, 5.74) is 2.96. The summed E-state index contributed by atoms with van der Waals surface area (Å²) in [4.78, 5) is 41.2. The smallest absolute Gasteiger partial charge is 0.230 e. The number of carbonyl (C=O) groups is 3. The average Bonchev–Trinajstić information content (AvgIpc) is 3.08. The summed E-state index contributed by atoms with van der Waals surface area (Å²) in [5.74, 6) is 0.215. The van der Waals surface area contributed by atoms with E-state index < -0.39 is 0 Å². The van der Waals surface area contributed by atoms with Crippen molar-refractivity contribution in [2.75, 3.05) is 22.9 Å². The predicted molar refractivity (Wildman–Crippen MR) is 106 cm³/mol. The Hall–Kier alpha value is -2.37. The monoisotopic (exact) mass is 381 g/mol. The fraction of sp³-hybridized carbons (Fsp3) is 0.591. The summed E-state index contributed by atoms with van der Waals surface area (Å²) >= 11 is 0. The summed E-state index contributed by atoms with van der Waals surface area (Å²) in [5, 5.41) is 3.13. The van der Waals surface area contributed by atoms with Crippen molar-refractivity contribution in [1.29, 1.82) is 0 Å². The lowest BCUT2D eigenvalue weighted by Crippen LogP contribution is -2.38. The Morgan fingerprint density at radius 3 is 2.57 bits per heavy atom. The van der Waals surface area contributed by atoms with E-state index in [0.29, 0.717) is 6.54 Å². The van der Waals surface area contributed by atoms with E-state index in [2.05, 4.69) is 5.32 Å². The van der Waals surface area contributed by atoms with E-state index in [1.807, 2.05) is 23.1 Å². The summed E-state index contributed by atoms with van der Waals surface area (Å²) in [7, 11) is 0. The van der Waals surface area contributed by atoms with Crippen molar-refractivity contribution in [2.45, 2.75) is 57.4 Å². The van der Waals surface area contributed by atoms with Crippen LogP contribution in [0.25, 0.3) is 0 Å². The van der Waals surface area contributed by atoms with Gasteiger partial charge in [-0.2, -0.15) is 0 Å². The molecule has 2 heterocycles. The van der Waals surface area contributed by atoms with Gasteiger partial charge in [-0.05, 0) is 55.9 Å². The largest absolute Gasteiger partial charge is 0.353 e. The van der Waals surface area contributed by atoms with E-state index in [1.54, 1.807) is 4.90 Å². The molecule has 6 heteroatoms. The van der Waals surface area contributed by atoms with Gasteiger partial charge < -0.3 is 15.1 Å². The number of carbonyl (C=O) groups excluding carboxylic acids is 3. The number of hydrogen-bond acceptors (Lipinski definition) is 3. The molecule has 1 aromatic carbocycles. The Kier molecular flexibility index (Phi) is 4.37. The first-order valence-electron chi connectivity index (χ1n) is 10.6. The first kappa shape index (κ1) is 17.7. The number of rotatable bonds is 4. The molecule has 3 fully saturated rings. The lowest BCUT2D eigenvalue weighted by Gasteiger charge is -2.20. The molecule has 2 saturated carbocycles. The van der Waals surface area contributed by atoms with Crippen LogP contribution in [0.1, 0.15) is 50.5 Å². The zero-order valence-corrected chi connectivity index (χ0v) is 16.2. The zero-order valence-electron chi connectivity index (χ0n) is 16.2. The Bertz CT molecular complexity index is 826. The molecule has 2 aliphatic heterocycles. The normalized spacial score (nSPS) is 24.7. The highest BCUT2D eigenvalue weighted by atomic mass is 16.2. The average molecular weight is 381 g/mol. The van der Waals surface area contributed by atoms with Gasteiger partial charge in [0.2, 0.25) is 17.7 Å². The van der Waals surface area contributed by atoms with Crippen molar-refractivity contribution in [2.24, 2.45) is 11.8 Å². The van der Waals surface area contributed by atoms with E-state index in [-0.39, 0.29) is 42.0 Å². The topological polar surface area (TPSA) is 69.7 Å². The summed E-state index contributed by atoms with van der Waals surface area (Å²) in [6, 6.07) is 6.21. The predicted octanol–water partition coefficient (Wildman–Crippen LogP) is 2.40. The number of nitrogens with one attached hydrogen (secondary N) is 1. The van der Waals surface area contributed by atoms with Crippen LogP contribution in [0.5, 0.6) is 0 Å². The minimum Gasteiger partial charge on any atom is -0.353 e. The lowest BCUT2D eigenvalue weighted by atomic mass is 10.1. The number of hydrogen-bond donors (Lipinski definition) is 1. The molecule has 1 atom stereocenters. The highest BCUT2D eigenvalue weighted by Gasteiger charge is 2.38. The second-order valence-corrected chi connectivity index (χ2v) is 8.72. The molecule has 6 nitrogen and oxygen atoms in total.